The Balaban J connectivity index is 1.60. The first-order valence-electron chi connectivity index (χ1n) is 20.3. The van der Waals surface area contributed by atoms with Crippen LogP contribution in [0.5, 0.6) is 0 Å². The molecule has 12 heteroatoms. The number of amides is 3. The number of hydrogen-bond acceptors (Lipinski definition) is 7. The first-order chi connectivity index (χ1) is 27.3. The van der Waals surface area contributed by atoms with Gasteiger partial charge in [-0.2, -0.15) is 0 Å². The largest absolute Gasteiger partial charge is 0.390 e. The van der Waals surface area contributed by atoms with E-state index < -0.39 is 35.0 Å². The lowest BCUT2D eigenvalue weighted by Gasteiger charge is -2.29. The predicted octanol–water partition coefficient (Wildman–Crippen LogP) is 7.03. The molecule has 0 radical (unpaired) electrons. The number of benzene rings is 4. The summed E-state index contributed by atoms with van der Waals surface area (Å²) in [6.07, 6.45) is 2.84. The van der Waals surface area contributed by atoms with Crippen LogP contribution in [0.2, 0.25) is 0 Å². The summed E-state index contributed by atoms with van der Waals surface area (Å²) in [5.41, 5.74) is 3.91. The molecule has 3 amide bonds. The monoisotopic (exact) mass is 780 g/mol. The highest BCUT2D eigenvalue weighted by atomic mass is 16.7. The molecule has 4 aromatic rings. The molecule has 0 saturated carbocycles. The highest BCUT2D eigenvalue weighted by Gasteiger charge is 2.31. The number of carbonyl (C=O) groups excluding carboxylic acids is 3. The summed E-state index contributed by atoms with van der Waals surface area (Å²) in [5, 5.41) is 42.3. The number of hydrogen-bond donors (Lipinski definition) is 6. The van der Waals surface area contributed by atoms with Gasteiger partial charge in [-0.15, -0.1) is 0 Å². The lowest BCUT2D eigenvalue weighted by molar-refractivity contribution is -0.525. The smallest absolute Gasteiger partial charge is 0.242 e. The number of aliphatic hydroxyl groups is 1. The molecule has 4 rings (SSSR count). The summed E-state index contributed by atoms with van der Waals surface area (Å²) in [7, 11) is 0. The molecular weight excluding hydrogens is 721 g/mol. The molecule has 0 saturated heterocycles. The normalized spacial score (nSPS) is 13.5. The van der Waals surface area contributed by atoms with E-state index in [1.165, 1.54) is 0 Å². The van der Waals surface area contributed by atoms with Crippen LogP contribution in [0.15, 0.2) is 84.9 Å². The third kappa shape index (κ3) is 14.3. The van der Waals surface area contributed by atoms with Crippen LogP contribution in [-0.4, -0.2) is 58.4 Å². The van der Waals surface area contributed by atoms with Crippen molar-refractivity contribution >= 4 is 45.1 Å². The van der Waals surface area contributed by atoms with Crippen molar-refractivity contribution in [2.24, 2.45) is 17.8 Å². The van der Waals surface area contributed by atoms with E-state index in [1.807, 2.05) is 106 Å². The summed E-state index contributed by atoms with van der Waals surface area (Å²) in [5.74, 6) is -1.39. The lowest BCUT2D eigenvalue weighted by Crippen LogP contribution is -2.54. The molecule has 6 N–H and O–H groups in total. The van der Waals surface area contributed by atoms with Crippen molar-refractivity contribution < 1.29 is 24.5 Å². The van der Waals surface area contributed by atoms with Crippen molar-refractivity contribution in [1.82, 2.24) is 21.4 Å². The van der Waals surface area contributed by atoms with Crippen molar-refractivity contribution in [3.63, 3.8) is 0 Å². The number of rotatable bonds is 23. The fraction of sp³-hybridized carbons (Fsp3) is 0.467. The van der Waals surface area contributed by atoms with Crippen LogP contribution in [-0.2, 0) is 27.2 Å². The van der Waals surface area contributed by atoms with Gasteiger partial charge in [0.2, 0.25) is 17.7 Å². The third-order valence-corrected chi connectivity index (χ3v) is 10.6. The number of hydrazine groups is 1. The molecule has 1 unspecified atom stereocenters. The molecule has 306 valence electrons. The fourth-order valence-electron chi connectivity index (χ4n) is 7.22. The second-order valence-electron chi connectivity index (χ2n) is 15.7. The van der Waals surface area contributed by atoms with E-state index in [9.17, 15) is 29.6 Å². The van der Waals surface area contributed by atoms with Crippen molar-refractivity contribution in [3.05, 3.63) is 106 Å². The van der Waals surface area contributed by atoms with E-state index in [0.717, 1.165) is 39.1 Å². The Morgan fingerprint density at radius 3 is 1.93 bits per heavy atom. The quantitative estimate of drug-likeness (QED) is 0.0153. The Morgan fingerprint density at radius 2 is 1.37 bits per heavy atom. The SMILES string of the molecule is CCC(C)CNC(=O)C[C@H](O)[C@H](CC(C)C)NC(=O)[C@H](CCCCCC(=N)N[N+](=O)[O-])NC(=O)C(Cc1cccc2ccccc12)Cc1cccc2ccccc12. The Kier molecular flexibility index (Phi) is 17.4. The maximum absolute atomic E-state index is 14.6. The number of nitrogens with zero attached hydrogens (tertiary/aromatic N) is 1. The molecule has 0 aliphatic heterocycles. The maximum Gasteiger partial charge on any atom is 0.242 e. The van der Waals surface area contributed by atoms with Crippen molar-refractivity contribution in [2.75, 3.05) is 6.54 Å². The first kappa shape index (κ1) is 44.4. The van der Waals surface area contributed by atoms with Crippen molar-refractivity contribution in [3.8, 4) is 0 Å². The number of carbonyl (C=O) groups is 3. The Morgan fingerprint density at radius 1 is 0.789 bits per heavy atom. The van der Waals surface area contributed by atoms with E-state index in [2.05, 4.69) is 28.1 Å². The zero-order valence-electron chi connectivity index (χ0n) is 33.8. The van der Waals surface area contributed by atoms with Gasteiger partial charge in [0.1, 0.15) is 6.04 Å². The summed E-state index contributed by atoms with van der Waals surface area (Å²) in [6.45, 7) is 8.53. The standard InChI is InChI=1S/C45H60N6O6/c1-5-31(4)29-47-43(53)28-41(52)40(25-30(2)3)49-45(55)39(23-7-6-8-24-42(46)50-51(56)57)48-44(54)36(26-34-19-13-17-32-15-9-11-21-37(32)34)27-35-20-14-18-33-16-10-12-22-38(33)35/h9-22,30-31,36,39-41,52H,5-8,23-29H2,1-4H3,(H2,46,50)(H,47,53)(H,48,54)(H,49,55)/t31?,39-,40-,41-/m0/s1. The van der Waals surface area contributed by atoms with Crippen LogP contribution >= 0.6 is 0 Å². The van der Waals surface area contributed by atoms with Crippen LogP contribution in [0.1, 0.15) is 90.2 Å². The van der Waals surface area contributed by atoms with E-state index in [4.69, 9.17) is 5.41 Å². The topological polar surface area (TPSA) is 187 Å². The number of aliphatic hydroxyl groups excluding tert-OH is 1. The van der Waals surface area contributed by atoms with Gasteiger partial charge in [-0.05, 0) is 76.6 Å². The number of fused-ring (bicyclic) bond motifs is 2. The van der Waals surface area contributed by atoms with Crippen LogP contribution in [0, 0.1) is 33.3 Å². The molecule has 57 heavy (non-hydrogen) atoms. The van der Waals surface area contributed by atoms with Crippen LogP contribution in [0.4, 0.5) is 0 Å². The minimum atomic E-state index is -1.14. The number of nitrogens with one attached hydrogen (secondary N) is 5. The zero-order valence-corrected chi connectivity index (χ0v) is 33.8. The number of unbranched alkanes of at least 4 members (excludes halogenated alkanes) is 2. The Labute approximate surface area is 336 Å². The second-order valence-corrected chi connectivity index (χ2v) is 15.7. The first-order valence-corrected chi connectivity index (χ1v) is 20.3. The van der Waals surface area contributed by atoms with Gasteiger partial charge >= 0.3 is 0 Å². The van der Waals surface area contributed by atoms with E-state index >= 15 is 0 Å². The summed E-state index contributed by atoms with van der Waals surface area (Å²) < 4.78 is 0. The van der Waals surface area contributed by atoms with Gasteiger partial charge in [-0.1, -0.05) is 137 Å². The molecular formula is C45H60N6O6. The van der Waals surface area contributed by atoms with E-state index in [-0.39, 0.29) is 42.8 Å². The van der Waals surface area contributed by atoms with E-state index in [0.29, 0.717) is 51.0 Å². The average Bonchev–Trinajstić information content (AvgIpc) is 3.18. The summed E-state index contributed by atoms with van der Waals surface area (Å²) in [4.78, 5) is 52.4. The Hall–Kier alpha value is -5.36. The third-order valence-electron chi connectivity index (χ3n) is 10.6. The predicted molar refractivity (Wildman–Crippen MR) is 226 cm³/mol. The van der Waals surface area contributed by atoms with Gasteiger partial charge in [0.25, 0.3) is 0 Å². The second kappa shape index (κ2) is 22.4. The zero-order chi connectivity index (χ0) is 41.3. The van der Waals surface area contributed by atoms with Gasteiger partial charge in [-0.25, -0.2) is 10.1 Å². The molecule has 0 aromatic heterocycles. The average molecular weight is 781 g/mol. The van der Waals surface area contributed by atoms with Gasteiger partial charge in [0.15, 0.2) is 10.9 Å². The number of nitro groups is 1. The molecule has 0 heterocycles. The van der Waals surface area contributed by atoms with Crippen molar-refractivity contribution in [1.29, 1.82) is 5.41 Å². The molecule has 4 atom stereocenters. The lowest BCUT2D eigenvalue weighted by atomic mass is 9.87. The molecule has 4 aromatic carbocycles. The molecule has 0 fully saturated rings. The highest BCUT2D eigenvalue weighted by Crippen LogP contribution is 2.27. The summed E-state index contributed by atoms with van der Waals surface area (Å²) >= 11 is 0. The van der Waals surface area contributed by atoms with Gasteiger partial charge < -0.3 is 21.1 Å². The maximum atomic E-state index is 14.6. The molecule has 12 nitrogen and oxygen atoms in total. The van der Waals surface area contributed by atoms with Crippen LogP contribution < -0.4 is 21.4 Å². The van der Waals surface area contributed by atoms with Gasteiger partial charge in [-0.3, -0.25) is 19.8 Å². The van der Waals surface area contributed by atoms with Gasteiger partial charge in [0, 0.05) is 18.9 Å². The molecule has 0 spiro atoms. The summed E-state index contributed by atoms with van der Waals surface area (Å²) in [6, 6.07) is 26.6. The highest BCUT2D eigenvalue weighted by molar-refractivity contribution is 5.91. The van der Waals surface area contributed by atoms with E-state index in [1.54, 1.807) is 0 Å². The Bertz CT molecular complexity index is 1880. The van der Waals surface area contributed by atoms with Gasteiger partial charge in [0.05, 0.1) is 18.6 Å². The fourth-order valence-corrected chi connectivity index (χ4v) is 7.22. The minimum absolute atomic E-state index is 0.0926. The van der Waals surface area contributed by atoms with Crippen LogP contribution in [0.3, 0.4) is 0 Å². The number of amidine groups is 1. The molecule has 0 aliphatic carbocycles. The van der Waals surface area contributed by atoms with Crippen molar-refractivity contribution in [2.45, 2.75) is 110 Å². The minimum Gasteiger partial charge on any atom is -0.390 e. The molecule has 0 aliphatic rings. The van der Waals surface area contributed by atoms with Crippen LogP contribution in [0.25, 0.3) is 21.5 Å². The molecule has 0 bridgehead atoms.